The fraction of sp³-hybridized carbons (Fsp3) is 0.938. The Morgan fingerprint density at radius 3 is 0.895 bits per heavy atom. The van der Waals surface area contributed by atoms with Crippen molar-refractivity contribution in [3.63, 3.8) is 0 Å². The first kappa shape index (κ1) is 39.0. The highest BCUT2D eigenvalue weighted by Crippen LogP contribution is 2.15. The Morgan fingerprint density at radius 1 is 0.421 bits per heavy atom. The normalized spacial score (nSPS) is 11.6. The number of carbonyl (C=O) groups excluding carboxylic acids is 2. The smallest absolute Gasteiger partial charge is 0.247 e. The molecule has 0 atom stereocenters. The average Bonchev–Trinajstić information content (AvgIpc) is 2.84. The molecule has 38 heavy (non-hydrogen) atoms. The molecule has 0 radical (unpaired) electrons. The maximum Gasteiger partial charge on any atom is 0.355 e. The summed E-state index contributed by atoms with van der Waals surface area (Å²) in [4.78, 5) is 42.6. The maximum atomic E-state index is 11.6. The van der Waals surface area contributed by atoms with E-state index in [4.69, 9.17) is 9.78 Å². The second kappa shape index (κ2) is 26.1. The molecule has 0 aromatic heterocycles. The molecular formula is C32H64O6. The van der Waals surface area contributed by atoms with Crippen LogP contribution in [0.15, 0.2) is 0 Å². The van der Waals surface area contributed by atoms with Gasteiger partial charge in [0.15, 0.2) is 0 Å². The van der Waals surface area contributed by atoms with E-state index >= 15 is 0 Å². The third kappa shape index (κ3) is 37.0. The molecule has 228 valence electrons. The van der Waals surface area contributed by atoms with Crippen LogP contribution in [0.1, 0.15) is 184 Å². The lowest BCUT2D eigenvalue weighted by molar-refractivity contribution is -0.393. The van der Waals surface area contributed by atoms with Crippen molar-refractivity contribution in [1.82, 2.24) is 0 Å². The van der Waals surface area contributed by atoms with Crippen molar-refractivity contribution in [3.05, 3.63) is 0 Å². The van der Waals surface area contributed by atoms with E-state index in [9.17, 15) is 9.59 Å². The summed E-state index contributed by atoms with van der Waals surface area (Å²) in [6.45, 7) is 16.2. The summed E-state index contributed by atoms with van der Waals surface area (Å²) in [7, 11) is 0. The number of hydrogen-bond donors (Lipinski definition) is 0. The Morgan fingerprint density at radius 2 is 0.658 bits per heavy atom. The van der Waals surface area contributed by atoms with Crippen LogP contribution >= 0.6 is 0 Å². The first-order chi connectivity index (χ1) is 17.9. The van der Waals surface area contributed by atoms with Gasteiger partial charge in [-0.2, -0.15) is 0 Å². The SMILES string of the molecule is CC(C)(C)OOC(C)(C)C.CCCCCCCCCCCC(=O)OOC(=O)CCCCCCCCCCC. The van der Waals surface area contributed by atoms with Crippen LogP contribution in [0.3, 0.4) is 0 Å². The van der Waals surface area contributed by atoms with E-state index in [1.807, 2.05) is 41.5 Å². The standard InChI is InChI=1S/C24H46O4.C8H18O2/c1-3-5-7-9-11-13-15-17-19-21-23(25)27-28-24(26)22-20-18-16-14-12-10-8-6-4-2;1-7(2,3)9-10-8(4,5)6/h3-22H2,1-2H3;1-6H3. The van der Waals surface area contributed by atoms with Crippen molar-refractivity contribution in [1.29, 1.82) is 0 Å². The first-order valence-electron chi connectivity index (χ1n) is 15.7. The van der Waals surface area contributed by atoms with Gasteiger partial charge < -0.3 is 0 Å². The first-order valence-corrected chi connectivity index (χ1v) is 15.7. The molecule has 0 aliphatic carbocycles. The van der Waals surface area contributed by atoms with E-state index < -0.39 is 11.9 Å². The Hall–Kier alpha value is -1.14. The summed E-state index contributed by atoms with van der Waals surface area (Å²) in [5, 5.41) is 0. The lowest BCUT2D eigenvalue weighted by atomic mass is 10.1. The number of rotatable bonds is 21. The van der Waals surface area contributed by atoms with Crippen molar-refractivity contribution in [2.45, 2.75) is 195 Å². The number of hydrogen-bond acceptors (Lipinski definition) is 6. The quantitative estimate of drug-likeness (QED) is 0.0813. The van der Waals surface area contributed by atoms with Crippen LogP contribution in [0.5, 0.6) is 0 Å². The van der Waals surface area contributed by atoms with Gasteiger partial charge in [-0.3, -0.25) is 0 Å². The minimum absolute atomic E-state index is 0.215. The van der Waals surface area contributed by atoms with Gasteiger partial charge in [0.1, 0.15) is 0 Å². The van der Waals surface area contributed by atoms with Crippen molar-refractivity contribution < 1.29 is 29.1 Å². The summed E-state index contributed by atoms with van der Waals surface area (Å²) >= 11 is 0. The molecule has 0 N–H and O–H groups in total. The highest BCUT2D eigenvalue weighted by atomic mass is 17.2. The van der Waals surface area contributed by atoms with E-state index in [0.29, 0.717) is 12.8 Å². The Labute approximate surface area is 236 Å². The van der Waals surface area contributed by atoms with Crippen molar-refractivity contribution in [2.24, 2.45) is 0 Å². The van der Waals surface area contributed by atoms with Gasteiger partial charge in [0.25, 0.3) is 0 Å². The molecule has 0 saturated carbocycles. The van der Waals surface area contributed by atoms with Crippen molar-refractivity contribution in [3.8, 4) is 0 Å². The number of unbranched alkanes of at least 4 members (excludes halogenated alkanes) is 16. The summed E-state index contributed by atoms with van der Waals surface area (Å²) in [5.74, 6) is -0.855. The van der Waals surface area contributed by atoms with Crippen LogP contribution in [-0.4, -0.2) is 23.1 Å². The average molecular weight is 545 g/mol. The molecule has 0 aromatic carbocycles. The van der Waals surface area contributed by atoms with E-state index in [1.165, 1.54) is 77.0 Å². The van der Waals surface area contributed by atoms with Gasteiger partial charge >= 0.3 is 11.9 Å². The molecule has 0 bridgehead atoms. The fourth-order valence-electron chi connectivity index (χ4n) is 3.59. The molecule has 0 aliphatic rings. The van der Waals surface area contributed by atoms with E-state index in [-0.39, 0.29) is 11.2 Å². The molecular weight excluding hydrogens is 480 g/mol. The zero-order valence-electron chi connectivity index (χ0n) is 26.6. The third-order valence-corrected chi connectivity index (χ3v) is 5.74. The van der Waals surface area contributed by atoms with Gasteiger partial charge in [0, 0.05) is 0 Å². The largest absolute Gasteiger partial charge is 0.355 e. The molecule has 6 heteroatoms. The zero-order valence-corrected chi connectivity index (χ0v) is 26.6. The Bertz CT molecular complexity index is 485. The van der Waals surface area contributed by atoms with Gasteiger partial charge in [-0.15, -0.1) is 0 Å². The van der Waals surface area contributed by atoms with Crippen LogP contribution in [-0.2, 0) is 29.1 Å². The molecule has 0 amide bonds. The second-order valence-electron chi connectivity index (χ2n) is 12.5. The van der Waals surface area contributed by atoms with Gasteiger partial charge in [-0.25, -0.2) is 29.1 Å². The molecule has 0 heterocycles. The molecule has 0 rings (SSSR count). The minimum Gasteiger partial charge on any atom is -0.247 e. The van der Waals surface area contributed by atoms with Crippen molar-refractivity contribution in [2.75, 3.05) is 0 Å². The second-order valence-corrected chi connectivity index (χ2v) is 12.5. The lowest BCUT2D eigenvalue weighted by Crippen LogP contribution is -2.27. The summed E-state index contributed by atoms with van der Waals surface area (Å²) in [6, 6.07) is 0. The monoisotopic (exact) mass is 544 g/mol. The van der Waals surface area contributed by atoms with E-state index in [0.717, 1.165) is 38.5 Å². The molecule has 0 saturated heterocycles. The molecule has 0 unspecified atom stereocenters. The summed E-state index contributed by atoms with van der Waals surface area (Å²) in [6.07, 6.45) is 22.3. The van der Waals surface area contributed by atoms with Gasteiger partial charge in [-0.1, -0.05) is 117 Å². The van der Waals surface area contributed by atoms with Crippen LogP contribution in [0.25, 0.3) is 0 Å². The number of carbonyl (C=O) groups is 2. The Balaban J connectivity index is 0. The topological polar surface area (TPSA) is 71.1 Å². The lowest BCUT2D eigenvalue weighted by Gasteiger charge is -2.24. The maximum absolute atomic E-state index is 11.6. The van der Waals surface area contributed by atoms with Crippen molar-refractivity contribution >= 4 is 11.9 Å². The summed E-state index contributed by atoms with van der Waals surface area (Å²) < 4.78 is 0. The molecule has 0 aromatic rings. The molecule has 0 aliphatic heterocycles. The van der Waals surface area contributed by atoms with Crippen LogP contribution < -0.4 is 0 Å². The fourth-order valence-corrected chi connectivity index (χ4v) is 3.59. The minimum atomic E-state index is -0.427. The molecule has 6 nitrogen and oxygen atoms in total. The summed E-state index contributed by atoms with van der Waals surface area (Å²) in [5.41, 5.74) is -0.430. The highest BCUT2D eigenvalue weighted by Gasteiger charge is 2.18. The predicted molar refractivity (Wildman–Crippen MR) is 158 cm³/mol. The van der Waals surface area contributed by atoms with Crippen LogP contribution in [0, 0.1) is 0 Å². The van der Waals surface area contributed by atoms with Crippen LogP contribution in [0.2, 0.25) is 0 Å². The van der Waals surface area contributed by atoms with Gasteiger partial charge in [-0.05, 0) is 54.4 Å². The molecule has 0 spiro atoms. The predicted octanol–water partition coefficient (Wildman–Crippen LogP) is 10.4. The highest BCUT2D eigenvalue weighted by molar-refractivity contribution is 5.72. The zero-order chi connectivity index (χ0) is 29.1. The molecule has 0 fully saturated rings. The van der Waals surface area contributed by atoms with Crippen LogP contribution in [0.4, 0.5) is 0 Å². The van der Waals surface area contributed by atoms with E-state index in [1.54, 1.807) is 0 Å². The van der Waals surface area contributed by atoms with E-state index in [2.05, 4.69) is 23.6 Å². The third-order valence-electron chi connectivity index (χ3n) is 5.74. The Kier molecular flexibility index (Phi) is 26.8. The van der Waals surface area contributed by atoms with Gasteiger partial charge in [0.2, 0.25) is 0 Å². The van der Waals surface area contributed by atoms with Gasteiger partial charge in [0.05, 0.1) is 24.0 Å².